The van der Waals surface area contributed by atoms with E-state index in [1.807, 2.05) is 0 Å². The first-order valence-corrected chi connectivity index (χ1v) is 11.4. The number of benzene rings is 6. The van der Waals surface area contributed by atoms with Crippen molar-refractivity contribution in [2.75, 3.05) is 0 Å². The highest BCUT2D eigenvalue weighted by atomic mass is 32.1. The standard InChI is InChI=1S/C28H14N2O4S/c31-25-12-4-1-2-5-13(12)26(32)21-15(25)8-10-17-23(21)29-18-11-9-16-22(24(18)30-17)28(34)14-6-3-7-19(35)20(14)27(16)33/h1-11,29-30,35H. The molecule has 0 spiro atoms. The summed E-state index contributed by atoms with van der Waals surface area (Å²) < 4.78 is 0. The minimum atomic E-state index is -0.279. The molecule has 1 aromatic heterocycles. The topological polar surface area (TPSA) is 99.9 Å². The highest BCUT2D eigenvalue weighted by Gasteiger charge is 2.18. The van der Waals surface area contributed by atoms with E-state index in [4.69, 9.17) is 0 Å². The zero-order valence-corrected chi connectivity index (χ0v) is 18.8. The van der Waals surface area contributed by atoms with Crippen molar-refractivity contribution in [3.63, 3.8) is 0 Å². The average Bonchev–Trinajstić information content (AvgIpc) is 2.88. The van der Waals surface area contributed by atoms with E-state index in [1.54, 1.807) is 66.7 Å². The van der Waals surface area contributed by atoms with Crippen molar-refractivity contribution in [3.8, 4) is 0 Å². The molecule has 6 aromatic carbocycles. The predicted molar refractivity (Wildman–Crippen MR) is 144 cm³/mol. The van der Waals surface area contributed by atoms with Gasteiger partial charge >= 0.3 is 0 Å². The number of nitrogens with one attached hydrogen (secondary N) is 2. The van der Waals surface area contributed by atoms with Gasteiger partial charge in [0.1, 0.15) is 0 Å². The quantitative estimate of drug-likeness (QED) is 0.172. The van der Waals surface area contributed by atoms with E-state index < -0.39 is 0 Å². The number of hydrogen-bond donors (Lipinski definition) is 3. The van der Waals surface area contributed by atoms with E-state index >= 15 is 0 Å². The molecule has 0 bridgehead atoms. The molecule has 0 unspecified atom stereocenters. The number of aromatic nitrogens is 2. The van der Waals surface area contributed by atoms with Crippen LogP contribution in [0, 0.1) is 0 Å². The number of hydrogen-bond acceptors (Lipinski definition) is 5. The normalized spacial score (nSPS) is 12.0. The number of H-pyrrole nitrogens is 2. The lowest BCUT2D eigenvalue weighted by Gasteiger charge is -2.10. The molecule has 0 radical (unpaired) electrons. The third-order valence-electron chi connectivity index (χ3n) is 6.80. The predicted octanol–water partition coefficient (Wildman–Crippen LogP) is 4.43. The van der Waals surface area contributed by atoms with Gasteiger partial charge in [0, 0.05) is 37.2 Å². The minimum absolute atomic E-state index is 0.212. The van der Waals surface area contributed by atoms with E-state index in [9.17, 15) is 19.2 Å². The fourth-order valence-corrected chi connectivity index (χ4v) is 5.50. The second-order valence-electron chi connectivity index (χ2n) is 8.63. The lowest BCUT2D eigenvalue weighted by Crippen LogP contribution is -2.15. The van der Waals surface area contributed by atoms with Crippen LogP contribution in [0.2, 0.25) is 0 Å². The number of rotatable bonds is 0. The van der Waals surface area contributed by atoms with Gasteiger partial charge in [-0.25, -0.2) is 0 Å². The van der Waals surface area contributed by atoms with Crippen LogP contribution in [0.1, 0.15) is 0 Å². The molecule has 166 valence electrons. The fourth-order valence-electron chi connectivity index (χ4n) is 5.19. The van der Waals surface area contributed by atoms with Gasteiger partial charge in [-0.3, -0.25) is 19.2 Å². The summed E-state index contributed by atoms with van der Waals surface area (Å²) in [7, 11) is 0. The minimum Gasteiger partial charge on any atom is -0.351 e. The number of aromatic amines is 2. The van der Waals surface area contributed by atoms with Gasteiger partial charge in [0.25, 0.3) is 0 Å². The van der Waals surface area contributed by atoms with Gasteiger partial charge in [-0.15, -0.1) is 12.6 Å². The SMILES string of the molecule is O=c1c2ccccc2c(=O)c2c1ccc1[nH]c3c(ccc4c(=O)c5c(S)cccc5c(=O)c43)[nH]c12. The Morgan fingerprint density at radius 3 is 1.54 bits per heavy atom. The number of thiol groups is 1. The van der Waals surface area contributed by atoms with Crippen LogP contribution in [0.3, 0.4) is 0 Å². The molecule has 0 aliphatic carbocycles. The first kappa shape index (κ1) is 19.9. The summed E-state index contributed by atoms with van der Waals surface area (Å²) in [5, 5.41) is 2.51. The molecule has 0 saturated carbocycles. The van der Waals surface area contributed by atoms with Crippen LogP contribution in [0.5, 0.6) is 0 Å². The van der Waals surface area contributed by atoms with Crippen molar-refractivity contribution in [1.29, 1.82) is 0 Å². The van der Waals surface area contributed by atoms with E-state index in [0.29, 0.717) is 59.3 Å². The van der Waals surface area contributed by atoms with E-state index in [0.717, 1.165) is 0 Å². The molecule has 35 heavy (non-hydrogen) atoms. The molecule has 1 heterocycles. The van der Waals surface area contributed by atoms with Crippen molar-refractivity contribution in [2.45, 2.75) is 4.90 Å². The molecule has 0 saturated heterocycles. The van der Waals surface area contributed by atoms with Crippen LogP contribution in [-0.2, 0) is 0 Å². The zero-order valence-electron chi connectivity index (χ0n) is 17.9. The molecule has 0 fully saturated rings. The van der Waals surface area contributed by atoms with Crippen molar-refractivity contribution >= 4 is 77.8 Å². The highest BCUT2D eigenvalue weighted by molar-refractivity contribution is 7.80. The monoisotopic (exact) mass is 474 g/mol. The third-order valence-corrected chi connectivity index (χ3v) is 7.18. The lowest BCUT2D eigenvalue weighted by atomic mass is 9.99. The summed E-state index contributed by atoms with van der Waals surface area (Å²) in [6.07, 6.45) is 0. The van der Waals surface area contributed by atoms with Gasteiger partial charge < -0.3 is 9.97 Å². The van der Waals surface area contributed by atoms with Gasteiger partial charge in [-0.1, -0.05) is 36.4 Å². The molecule has 7 heteroatoms. The summed E-state index contributed by atoms with van der Waals surface area (Å²) in [6.45, 7) is 0. The van der Waals surface area contributed by atoms with Crippen LogP contribution < -0.4 is 21.7 Å². The number of fused-ring (bicyclic) bond motifs is 8. The van der Waals surface area contributed by atoms with Crippen LogP contribution in [0.15, 0.2) is 90.8 Å². The van der Waals surface area contributed by atoms with Gasteiger partial charge in [0.15, 0.2) is 21.7 Å². The maximum absolute atomic E-state index is 13.5. The summed E-state index contributed by atoms with van der Waals surface area (Å²) in [5.41, 5.74) is 1.00. The van der Waals surface area contributed by atoms with Crippen molar-refractivity contribution in [3.05, 3.63) is 108 Å². The Morgan fingerprint density at radius 1 is 0.457 bits per heavy atom. The molecule has 6 nitrogen and oxygen atoms in total. The highest BCUT2D eigenvalue weighted by Crippen LogP contribution is 2.27. The first-order chi connectivity index (χ1) is 17.0. The molecule has 7 rings (SSSR count). The van der Waals surface area contributed by atoms with E-state index in [-0.39, 0.29) is 32.5 Å². The molecule has 0 atom stereocenters. The molecule has 0 amide bonds. The van der Waals surface area contributed by atoms with Gasteiger partial charge in [0.2, 0.25) is 0 Å². The average molecular weight is 474 g/mol. The lowest BCUT2D eigenvalue weighted by molar-refractivity contribution is 1.41. The molecular formula is C28H14N2O4S. The summed E-state index contributed by atoms with van der Waals surface area (Å²) in [6, 6.07) is 18.4. The molecule has 0 aliphatic heterocycles. The Hall–Kier alpha value is -4.49. The third kappa shape index (κ3) is 2.50. The molecule has 7 aromatic rings. The van der Waals surface area contributed by atoms with Gasteiger partial charge in [-0.2, -0.15) is 0 Å². The summed E-state index contributed by atoms with van der Waals surface area (Å²) in [4.78, 5) is 60.3. The summed E-state index contributed by atoms with van der Waals surface area (Å²) >= 11 is 4.38. The van der Waals surface area contributed by atoms with Crippen molar-refractivity contribution < 1.29 is 0 Å². The van der Waals surface area contributed by atoms with E-state index in [2.05, 4.69) is 22.6 Å². The molecule has 0 aliphatic rings. The fraction of sp³-hybridized carbons (Fsp3) is 0. The first-order valence-electron chi connectivity index (χ1n) is 10.9. The Kier molecular flexibility index (Phi) is 3.86. The summed E-state index contributed by atoms with van der Waals surface area (Å²) in [5.74, 6) is 0. The molecule has 2 N–H and O–H groups in total. The Bertz CT molecular complexity index is 2320. The van der Waals surface area contributed by atoms with Crippen molar-refractivity contribution in [1.82, 2.24) is 9.97 Å². The Balaban J connectivity index is 1.72. The Morgan fingerprint density at radius 2 is 0.914 bits per heavy atom. The van der Waals surface area contributed by atoms with E-state index in [1.165, 1.54) is 0 Å². The second kappa shape index (κ2) is 6.77. The van der Waals surface area contributed by atoms with Gasteiger partial charge in [0.05, 0.1) is 32.8 Å². The van der Waals surface area contributed by atoms with Crippen molar-refractivity contribution in [2.24, 2.45) is 0 Å². The largest absolute Gasteiger partial charge is 0.351 e. The Labute approximate surface area is 200 Å². The van der Waals surface area contributed by atoms with Gasteiger partial charge in [-0.05, 0) is 30.3 Å². The van der Waals surface area contributed by atoms with Crippen LogP contribution in [0.25, 0.3) is 65.2 Å². The zero-order chi connectivity index (χ0) is 24.0. The smallest absolute Gasteiger partial charge is 0.196 e. The molecular weight excluding hydrogens is 460 g/mol. The second-order valence-corrected chi connectivity index (χ2v) is 9.11. The van der Waals surface area contributed by atoms with Crippen LogP contribution in [-0.4, -0.2) is 9.97 Å². The van der Waals surface area contributed by atoms with Crippen LogP contribution >= 0.6 is 12.6 Å². The maximum atomic E-state index is 13.5. The maximum Gasteiger partial charge on any atom is 0.196 e. The van der Waals surface area contributed by atoms with Crippen LogP contribution in [0.4, 0.5) is 0 Å².